The molecule has 0 heterocycles. The van der Waals surface area contributed by atoms with E-state index in [0.717, 1.165) is 6.21 Å². The number of ketones is 1. The van der Waals surface area contributed by atoms with Crippen LogP contribution in [0.2, 0.25) is 0 Å². The van der Waals surface area contributed by atoms with E-state index in [2.05, 4.69) is 15.0 Å². The van der Waals surface area contributed by atoms with Crippen molar-refractivity contribution in [1.82, 2.24) is 0 Å². The third-order valence-corrected chi connectivity index (χ3v) is 3.86. The molecule has 8 heteroatoms. The Morgan fingerprint density at radius 1 is 0.933 bits per heavy atom. The third kappa shape index (κ3) is 6.83. The second-order valence-corrected chi connectivity index (χ2v) is 6.11. The third-order valence-electron chi connectivity index (χ3n) is 3.86. The first-order valence-corrected chi connectivity index (χ1v) is 9.22. The van der Waals surface area contributed by atoms with Crippen molar-refractivity contribution in [1.29, 1.82) is 16.2 Å². The topological polar surface area (TPSA) is 152 Å². The summed E-state index contributed by atoms with van der Waals surface area (Å²) in [7, 11) is 0. The Morgan fingerprint density at radius 3 is 2.37 bits per heavy atom. The summed E-state index contributed by atoms with van der Waals surface area (Å²) in [6, 6.07) is 14.1. The standard InChI is InChI=1S/C22H23N7O/c23-11-4-13-27-17-7-8-19(18(25)15-17)28-14-10-21(30)22(26)20(9-12-24)29-16-5-2-1-3-6-16/h1-3,5-8,11-15,23-24,26H,4,9-10,25H2. The molecule has 2 rings (SSSR count). The van der Waals surface area contributed by atoms with Gasteiger partial charge in [-0.25, -0.2) is 0 Å². The first kappa shape index (κ1) is 22.2. The maximum atomic E-state index is 12.4. The number of hydrogen-bond donors (Lipinski definition) is 4. The van der Waals surface area contributed by atoms with Gasteiger partial charge in [-0.3, -0.25) is 25.2 Å². The summed E-state index contributed by atoms with van der Waals surface area (Å²) in [4.78, 5) is 25.1. The Balaban J connectivity index is 2.05. The second-order valence-electron chi connectivity index (χ2n) is 6.11. The van der Waals surface area contributed by atoms with Gasteiger partial charge in [0.05, 0.1) is 28.5 Å². The lowest BCUT2D eigenvalue weighted by molar-refractivity contribution is -0.111. The number of Topliss-reactive ketones (excluding diaryl/α,β-unsaturated/α-hetero) is 1. The van der Waals surface area contributed by atoms with Crippen molar-refractivity contribution in [3.8, 4) is 0 Å². The van der Waals surface area contributed by atoms with Gasteiger partial charge in [0.2, 0.25) is 0 Å². The Labute approximate surface area is 174 Å². The highest BCUT2D eigenvalue weighted by molar-refractivity contribution is 6.68. The predicted octanol–water partition coefficient (Wildman–Crippen LogP) is 4.50. The van der Waals surface area contributed by atoms with Gasteiger partial charge < -0.3 is 16.6 Å². The number of nitrogens with two attached hydrogens (primary N) is 1. The molecule has 2 aromatic rings. The number of aliphatic imine (C=N–C) groups is 3. The number of anilines is 1. The molecule has 152 valence electrons. The monoisotopic (exact) mass is 401 g/mol. The van der Waals surface area contributed by atoms with Gasteiger partial charge in [-0.2, -0.15) is 0 Å². The largest absolute Gasteiger partial charge is 0.397 e. The highest BCUT2D eigenvalue weighted by atomic mass is 16.1. The van der Waals surface area contributed by atoms with Gasteiger partial charge in [0.25, 0.3) is 0 Å². The number of nitrogen functional groups attached to an aromatic ring is 1. The van der Waals surface area contributed by atoms with Crippen molar-refractivity contribution in [3.63, 3.8) is 0 Å². The van der Waals surface area contributed by atoms with E-state index in [1.807, 2.05) is 18.2 Å². The molecule has 0 atom stereocenters. The number of nitrogens with one attached hydrogen (secondary N) is 3. The molecule has 0 unspecified atom stereocenters. The van der Waals surface area contributed by atoms with E-state index in [4.69, 9.17) is 22.0 Å². The maximum absolute atomic E-state index is 12.4. The average molecular weight is 401 g/mol. The van der Waals surface area contributed by atoms with Crippen LogP contribution < -0.4 is 5.73 Å². The molecule has 0 radical (unpaired) electrons. The zero-order valence-corrected chi connectivity index (χ0v) is 16.4. The smallest absolute Gasteiger partial charge is 0.187 e. The minimum Gasteiger partial charge on any atom is -0.397 e. The molecule has 0 spiro atoms. The van der Waals surface area contributed by atoms with Gasteiger partial charge in [0.15, 0.2) is 5.78 Å². The van der Waals surface area contributed by atoms with Gasteiger partial charge in [0, 0.05) is 44.1 Å². The molecule has 0 fully saturated rings. The number of para-hydroxylation sites is 1. The molecule has 2 aromatic carbocycles. The molecule has 0 aromatic heterocycles. The number of carbonyl (C=O) groups excluding carboxylic acids is 1. The van der Waals surface area contributed by atoms with Crippen LogP contribution in [0.25, 0.3) is 0 Å². The Bertz CT molecular complexity index is 1010. The Hall–Kier alpha value is -4.07. The van der Waals surface area contributed by atoms with E-state index in [0.29, 0.717) is 29.2 Å². The molecule has 0 aliphatic carbocycles. The van der Waals surface area contributed by atoms with Crippen LogP contribution in [-0.2, 0) is 4.79 Å². The summed E-state index contributed by atoms with van der Waals surface area (Å²) < 4.78 is 0. The number of nitrogens with zero attached hydrogens (tertiary/aromatic N) is 3. The highest BCUT2D eigenvalue weighted by Gasteiger charge is 2.15. The fraction of sp³-hybridized carbons (Fsp3) is 0.136. The summed E-state index contributed by atoms with van der Waals surface area (Å²) in [5.41, 5.74) is 8.15. The van der Waals surface area contributed by atoms with Crippen molar-refractivity contribution >= 4 is 64.8 Å². The minimum atomic E-state index is -0.443. The lowest BCUT2D eigenvalue weighted by atomic mass is 10.1. The molecule has 5 N–H and O–H groups in total. The van der Waals surface area contributed by atoms with Gasteiger partial charge in [0.1, 0.15) is 5.71 Å². The lowest BCUT2D eigenvalue weighted by Gasteiger charge is -2.05. The molecule has 30 heavy (non-hydrogen) atoms. The average Bonchev–Trinajstić information content (AvgIpc) is 2.75. The maximum Gasteiger partial charge on any atom is 0.187 e. The van der Waals surface area contributed by atoms with Crippen LogP contribution in [0.1, 0.15) is 19.3 Å². The van der Waals surface area contributed by atoms with E-state index in [1.165, 1.54) is 12.4 Å². The second kappa shape index (κ2) is 11.7. The van der Waals surface area contributed by atoms with Crippen molar-refractivity contribution in [2.24, 2.45) is 15.0 Å². The molecular weight excluding hydrogens is 378 g/mol. The van der Waals surface area contributed by atoms with Crippen molar-refractivity contribution in [2.75, 3.05) is 5.73 Å². The molecule has 0 aliphatic heterocycles. The van der Waals surface area contributed by atoms with Crippen molar-refractivity contribution in [3.05, 3.63) is 48.5 Å². The summed E-state index contributed by atoms with van der Waals surface area (Å²) in [5, 5.41) is 22.4. The van der Waals surface area contributed by atoms with E-state index in [9.17, 15) is 4.79 Å². The zero-order chi connectivity index (χ0) is 21.8. The van der Waals surface area contributed by atoms with E-state index < -0.39 is 5.78 Å². The van der Waals surface area contributed by atoms with E-state index in [1.54, 1.807) is 36.5 Å². The fourth-order valence-electron chi connectivity index (χ4n) is 2.40. The van der Waals surface area contributed by atoms with Crippen LogP contribution in [0.4, 0.5) is 22.7 Å². The normalized spacial score (nSPS) is 11.7. The van der Waals surface area contributed by atoms with Crippen LogP contribution in [0.15, 0.2) is 63.5 Å². The van der Waals surface area contributed by atoms with Gasteiger partial charge in [-0.05, 0) is 30.3 Å². The van der Waals surface area contributed by atoms with Gasteiger partial charge in [-0.1, -0.05) is 18.2 Å². The lowest BCUT2D eigenvalue weighted by Crippen LogP contribution is -2.23. The quantitative estimate of drug-likeness (QED) is 0.323. The summed E-state index contributed by atoms with van der Waals surface area (Å²) in [5.74, 6) is -0.443. The highest BCUT2D eigenvalue weighted by Crippen LogP contribution is 2.26. The molecule has 0 bridgehead atoms. The molecular formula is C22H23N7O. The number of benzene rings is 2. The van der Waals surface area contributed by atoms with E-state index in [-0.39, 0.29) is 24.3 Å². The van der Waals surface area contributed by atoms with Crippen LogP contribution >= 0.6 is 0 Å². The predicted molar refractivity (Wildman–Crippen MR) is 125 cm³/mol. The Morgan fingerprint density at radius 2 is 1.70 bits per heavy atom. The number of rotatable bonds is 11. The SMILES string of the molecule is N=CCC=Nc1ccc(N=CCC(=O)C(=N)C(CC=N)=Nc2ccccc2)c(N)c1. The summed E-state index contributed by atoms with van der Waals surface area (Å²) >= 11 is 0. The molecule has 8 nitrogen and oxygen atoms in total. The summed E-state index contributed by atoms with van der Waals surface area (Å²) in [6.07, 6.45) is 5.85. The Kier molecular flexibility index (Phi) is 8.67. The van der Waals surface area contributed by atoms with Crippen LogP contribution in [-0.4, -0.2) is 42.1 Å². The molecule has 0 amide bonds. The zero-order valence-electron chi connectivity index (χ0n) is 16.4. The van der Waals surface area contributed by atoms with Gasteiger partial charge in [-0.15, -0.1) is 0 Å². The number of hydrogen-bond acceptors (Lipinski definition) is 8. The van der Waals surface area contributed by atoms with Gasteiger partial charge >= 0.3 is 0 Å². The van der Waals surface area contributed by atoms with Crippen molar-refractivity contribution in [2.45, 2.75) is 19.3 Å². The van der Waals surface area contributed by atoms with Crippen LogP contribution in [0, 0.1) is 16.2 Å². The summed E-state index contributed by atoms with van der Waals surface area (Å²) in [6.45, 7) is 0. The molecule has 0 saturated heterocycles. The first-order chi connectivity index (χ1) is 14.5. The van der Waals surface area contributed by atoms with Crippen molar-refractivity contribution < 1.29 is 4.79 Å². The fourth-order valence-corrected chi connectivity index (χ4v) is 2.40. The number of carbonyl (C=O) groups is 1. The first-order valence-electron chi connectivity index (χ1n) is 9.22. The van der Waals surface area contributed by atoms with E-state index >= 15 is 0 Å². The molecule has 0 saturated carbocycles. The van der Waals surface area contributed by atoms with Crippen LogP contribution in [0.5, 0.6) is 0 Å². The molecule has 0 aliphatic rings. The minimum absolute atomic E-state index is 0.0800. The van der Waals surface area contributed by atoms with Crippen LogP contribution in [0.3, 0.4) is 0 Å².